The van der Waals surface area contributed by atoms with Crippen LogP contribution >= 0.6 is 11.8 Å². The predicted molar refractivity (Wildman–Crippen MR) is 87.3 cm³/mol. The standard InChI is InChI=1S/C16H28N2O2S/c1-4-12(11-21-3)18-13(5-2)14(19)17-16(15(18)20)9-7-6-8-10-16/h12-13H,4-11H2,1-3H3,(H,17,19). The fourth-order valence-corrected chi connectivity index (χ4v) is 4.55. The molecule has 4 nitrogen and oxygen atoms in total. The summed E-state index contributed by atoms with van der Waals surface area (Å²) in [5.74, 6) is 1.13. The van der Waals surface area contributed by atoms with E-state index in [-0.39, 0.29) is 23.9 Å². The van der Waals surface area contributed by atoms with Crippen LogP contribution < -0.4 is 5.32 Å². The Labute approximate surface area is 132 Å². The van der Waals surface area contributed by atoms with Gasteiger partial charge in [0.15, 0.2) is 0 Å². The molecule has 2 fully saturated rings. The normalized spacial score (nSPS) is 26.8. The molecule has 1 saturated heterocycles. The second-order valence-electron chi connectivity index (χ2n) is 6.29. The molecule has 1 spiro atoms. The third kappa shape index (κ3) is 3.08. The zero-order chi connectivity index (χ0) is 15.5. The van der Waals surface area contributed by atoms with Gasteiger partial charge in [0.2, 0.25) is 11.8 Å². The second-order valence-corrected chi connectivity index (χ2v) is 7.20. The molecule has 120 valence electrons. The Morgan fingerprint density at radius 3 is 2.48 bits per heavy atom. The molecule has 1 N–H and O–H groups in total. The van der Waals surface area contributed by atoms with Crippen molar-refractivity contribution in [1.29, 1.82) is 0 Å². The quantitative estimate of drug-likeness (QED) is 0.849. The lowest BCUT2D eigenvalue weighted by Crippen LogP contribution is -2.72. The van der Waals surface area contributed by atoms with Crippen LogP contribution in [-0.4, -0.2) is 46.3 Å². The lowest BCUT2D eigenvalue weighted by Gasteiger charge is -2.50. The summed E-state index contributed by atoms with van der Waals surface area (Å²) in [5, 5.41) is 3.10. The van der Waals surface area contributed by atoms with Gasteiger partial charge in [0.25, 0.3) is 0 Å². The second kappa shape index (κ2) is 7.03. The van der Waals surface area contributed by atoms with Crippen LogP contribution in [0.4, 0.5) is 0 Å². The van der Waals surface area contributed by atoms with Crippen molar-refractivity contribution in [3.63, 3.8) is 0 Å². The molecule has 0 aromatic rings. The van der Waals surface area contributed by atoms with E-state index >= 15 is 0 Å². The van der Waals surface area contributed by atoms with Gasteiger partial charge in [-0.1, -0.05) is 33.1 Å². The Kier molecular flexibility index (Phi) is 5.58. The molecular formula is C16H28N2O2S. The first-order valence-electron chi connectivity index (χ1n) is 8.23. The van der Waals surface area contributed by atoms with Crippen molar-refractivity contribution in [2.45, 2.75) is 76.4 Å². The number of hydrogen-bond acceptors (Lipinski definition) is 3. The first kappa shape index (κ1) is 16.7. The molecule has 1 heterocycles. The van der Waals surface area contributed by atoms with Crippen molar-refractivity contribution in [2.75, 3.05) is 12.0 Å². The van der Waals surface area contributed by atoms with Gasteiger partial charge in [0, 0.05) is 11.8 Å². The molecule has 0 aromatic carbocycles. The number of rotatable bonds is 5. The first-order valence-corrected chi connectivity index (χ1v) is 9.62. The number of hydrogen-bond donors (Lipinski definition) is 1. The summed E-state index contributed by atoms with van der Waals surface area (Å²) < 4.78 is 0. The minimum atomic E-state index is -0.604. The smallest absolute Gasteiger partial charge is 0.249 e. The van der Waals surface area contributed by atoms with E-state index in [2.05, 4.69) is 18.5 Å². The molecule has 1 aliphatic carbocycles. The summed E-state index contributed by atoms with van der Waals surface area (Å²) in [6.45, 7) is 4.11. The predicted octanol–water partition coefficient (Wildman–Crippen LogP) is 2.57. The van der Waals surface area contributed by atoms with Crippen molar-refractivity contribution in [3.05, 3.63) is 0 Å². The lowest BCUT2D eigenvalue weighted by atomic mass is 9.78. The average Bonchev–Trinajstić information content (AvgIpc) is 2.49. The summed E-state index contributed by atoms with van der Waals surface area (Å²) in [6.07, 6.45) is 8.52. The van der Waals surface area contributed by atoms with Crippen molar-refractivity contribution in [3.8, 4) is 0 Å². The Bertz CT molecular complexity index is 394. The van der Waals surface area contributed by atoms with Crippen LogP contribution in [0.3, 0.4) is 0 Å². The molecular weight excluding hydrogens is 284 g/mol. The highest BCUT2D eigenvalue weighted by Crippen LogP contribution is 2.35. The van der Waals surface area contributed by atoms with E-state index < -0.39 is 5.54 Å². The van der Waals surface area contributed by atoms with Gasteiger partial charge in [-0.15, -0.1) is 0 Å². The number of carbonyl (C=O) groups is 2. The molecule has 2 atom stereocenters. The number of amides is 2. The van der Waals surface area contributed by atoms with E-state index in [1.54, 1.807) is 11.8 Å². The van der Waals surface area contributed by atoms with Crippen LogP contribution in [0.25, 0.3) is 0 Å². The summed E-state index contributed by atoms with van der Waals surface area (Å²) in [4.78, 5) is 27.7. The van der Waals surface area contributed by atoms with E-state index in [0.717, 1.165) is 37.9 Å². The summed E-state index contributed by atoms with van der Waals surface area (Å²) >= 11 is 1.75. The fraction of sp³-hybridized carbons (Fsp3) is 0.875. The summed E-state index contributed by atoms with van der Waals surface area (Å²) in [5.41, 5.74) is -0.604. The molecule has 2 aliphatic rings. The highest BCUT2D eigenvalue weighted by atomic mass is 32.2. The van der Waals surface area contributed by atoms with E-state index in [4.69, 9.17) is 0 Å². The molecule has 2 rings (SSSR count). The van der Waals surface area contributed by atoms with E-state index in [0.29, 0.717) is 6.42 Å². The van der Waals surface area contributed by atoms with E-state index in [9.17, 15) is 9.59 Å². The average molecular weight is 312 g/mol. The SMILES string of the molecule is CCC(CSC)N1C(=O)C2(CCCCC2)NC(=O)C1CC. The van der Waals surface area contributed by atoms with Gasteiger partial charge in [0.05, 0.1) is 0 Å². The summed E-state index contributed by atoms with van der Waals surface area (Å²) in [6, 6.07) is -0.121. The number of carbonyl (C=O) groups excluding carboxylic acids is 2. The highest BCUT2D eigenvalue weighted by Gasteiger charge is 2.51. The molecule has 1 aliphatic heterocycles. The monoisotopic (exact) mass is 312 g/mol. The van der Waals surface area contributed by atoms with Crippen molar-refractivity contribution < 1.29 is 9.59 Å². The van der Waals surface area contributed by atoms with Gasteiger partial charge in [-0.2, -0.15) is 11.8 Å². The number of nitrogens with zero attached hydrogens (tertiary/aromatic N) is 1. The van der Waals surface area contributed by atoms with E-state index in [1.807, 2.05) is 11.8 Å². The molecule has 21 heavy (non-hydrogen) atoms. The number of piperazine rings is 1. The fourth-order valence-electron chi connectivity index (χ4n) is 3.77. The molecule has 2 unspecified atom stereocenters. The first-order chi connectivity index (χ1) is 10.1. The summed E-state index contributed by atoms with van der Waals surface area (Å²) in [7, 11) is 0. The zero-order valence-corrected chi connectivity index (χ0v) is 14.3. The third-order valence-corrected chi connectivity index (χ3v) is 5.68. The molecule has 5 heteroatoms. The lowest BCUT2D eigenvalue weighted by molar-refractivity contribution is -0.159. The third-order valence-electron chi connectivity index (χ3n) is 4.96. The van der Waals surface area contributed by atoms with Crippen molar-refractivity contribution in [2.24, 2.45) is 0 Å². The Balaban J connectivity index is 2.31. The van der Waals surface area contributed by atoms with Crippen molar-refractivity contribution >= 4 is 23.6 Å². The number of thioether (sulfide) groups is 1. The Morgan fingerprint density at radius 1 is 1.29 bits per heavy atom. The van der Waals surface area contributed by atoms with Crippen LogP contribution in [0.1, 0.15) is 58.8 Å². The molecule has 2 amide bonds. The Hall–Kier alpha value is -0.710. The minimum Gasteiger partial charge on any atom is -0.340 e. The van der Waals surface area contributed by atoms with Gasteiger partial charge in [-0.25, -0.2) is 0 Å². The molecule has 0 aromatic heterocycles. The maximum atomic E-state index is 13.2. The maximum absolute atomic E-state index is 13.2. The van der Waals surface area contributed by atoms with Crippen molar-refractivity contribution in [1.82, 2.24) is 10.2 Å². The van der Waals surface area contributed by atoms with Crippen LogP contribution in [0.5, 0.6) is 0 Å². The Morgan fingerprint density at radius 2 is 1.95 bits per heavy atom. The molecule has 0 radical (unpaired) electrons. The van der Waals surface area contributed by atoms with Gasteiger partial charge < -0.3 is 10.2 Å². The molecule has 0 bridgehead atoms. The van der Waals surface area contributed by atoms with Crippen LogP contribution in [0.2, 0.25) is 0 Å². The van der Waals surface area contributed by atoms with Crippen LogP contribution in [0, 0.1) is 0 Å². The topological polar surface area (TPSA) is 49.4 Å². The van der Waals surface area contributed by atoms with Gasteiger partial charge in [-0.05, 0) is 31.9 Å². The largest absolute Gasteiger partial charge is 0.340 e. The van der Waals surface area contributed by atoms with Gasteiger partial charge in [-0.3, -0.25) is 9.59 Å². The van der Waals surface area contributed by atoms with E-state index in [1.165, 1.54) is 6.42 Å². The minimum absolute atomic E-state index is 0.0542. The maximum Gasteiger partial charge on any atom is 0.249 e. The molecule has 1 saturated carbocycles. The number of nitrogens with one attached hydrogen (secondary N) is 1. The van der Waals surface area contributed by atoms with Crippen LogP contribution in [-0.2, 0) is 9.59 Å². The zero-order valence-electron chi connectivity index (χ0n) is 13.5. The van der Waals surface area contributed by atoms with Gasteiger partial charge >= 0.3 is 0 Å². The highest BCUT2D eigenvalue weighted by molar-refractivity contribution is 7.98. The van der Waals surface area contributed by atoms with Gasteiger partial charge in [0.1, 0.15) is 11.6 Å². The van der Waals surface area contributed by atoms with Crippen LogP contribution in [0.15, 0.2) is 0 Å².